The second-order valence-corrected chi connectivity index (χ2v) is 7.58. The molecule has 1 aromatic rings. The normalized spacial score (nSPS) is 20.2. The largest absolute Gasteiger partial charge is 0.495 e. The first-order valence-electron chi connectivity index (χ1n) is 6.77. The summed E-state index contributed by atoms with van der Waals surface area (Å²) in [4.78, 5) is 0. The Bertz CT molecular complexity index is 594. The highest BCUT2D eigenvalue weighted by molar-refractivity contribution is 9.10. The molecule has 0 saturated carbocycles. The van der Waals surface area contributed by atoms with Crippen molar-refractivity contribution in [3.63, 3.8) is 0 Å². The summed E-state index contributed by atoms with van der Waals surface area (Å²) in [7, 11) is -2.02. The quantitative estimate of drug-likeness (QED) is 0.818. The number of piperidine rings is 1. The van der Waals surface area contributed by atoms with Crippen LogP contribution in [0.2, 0.25) is 0 Å². The molecule has 8 heteroatoms. The summed E-state index contributed by atoms with van der Waals surface area (Å²) in [6.07, 6.45) is 1.82. The molecule has 1 aliphatic rings. The van der Waals surface area contributed by atoms with Crippen molar-refractivity contribution in [3.8, 4) is 5.75 Å². The van der Waals surface area contributed by atoms with Gasteiger partial charge in [-0.2, -0.15) is 12.7 Å². The second-order valence-electron chi connectivity index (χ2n) is 5.06. The van der Waals surface area contributed by atoms with Gasteiger partial charge < -0.3 is 10.5 Å². The van der Waals surface area contributed by atoms with Gasteiger partial charge in [-0.05, 0) is 53.4 Å². The lowest BCUT2D eigenvalue weighted by atomic mass is 10.0. The number of hydrogen-bond donors (Lipinski definition) is 2. The van der Waals surface area contributed by atoms with E-state index in [0.29, 0.717) is 31.1 Å². The average molecular weight is 378 g/mol. The SMILES string of the molecule is COc1cc(NS(=O)(=O)N2CCCC(CN)C2)ccc1Br. The van der Waals surface area contributed by atoms with Crippen LogP contribution < -0.4 is 15.2 Å². The Morgan fingerprint density at radius 3 is 2.95 bits per heavy atom. The number of benzene rings is 1. The van der Waals surface area contributed by atoms with E-state index in [9.17, 15) is 8.42 Å². The van der Waals surface area contributed by atoms with Crippen molar-refractivity contribution in [3.05, 3.63) is 22.7 Å². The summed E-state index contributed by atoms with van der Waals surface area (Å²) in [5.74, 6) is 0.809. The highest BCUT2D eigenvalue weighted by Crippen LogP contribution is 2.29. The topological polar surface area (TPSA) is 84.7 Å². The predicted octanol–water partition coefficient (Wildman–Crippen LogP) is 1.79. The van der Waals surface area contributed by atoms with E-state index in [1.54, 1.807) is 18.2 Å². The van der Waals surface area contributed by atoms with Gasteiger partial charge in [-0.25, -0.2) is 0 Å². The number of ether oxygens (including phenoxy) is 1. The zero-order valence-electron chi connectivity index (χ0n) is 11.9. The first kappa shape index (κ1) is 16.5. The van der Waals surface area contributed by atoms with Crippen molar-refractivity contribution < 1.29 is 13.2 Å². The lowest BCUT2D eigenvalue weighted by Crippen LogP contribution is -2.44. The summed E-state index contributed by atoms with van der Waals surface area (Å²) in [6, 6.07) is 5.08. The van der Waals surface area contributed by atoms with Crippen LogP contribution >= 0.6 is 15.9 Å². The summed E-state index contributed by atoms with van der Waals surface area (Å²) < 4.78 is 34.8. The maximum atomic E-state index is 12.4. The molecular formula is C13H20BrN3O3S. The van der Waals surface area contributed by atoms with E-state index in [4.69, 9.17) is 10.5 Å². The predicted molar refractivity (Wildman–Crippen MR) is 86.6 cm³/mol. The molecule has 0 aliphatic carbocycles. The number of anilines is 1. The average Bonchev–Trinajstić information content (AvgIpc) is 2.49. The van der Waals surface area contributed by atoms with Gasteiger partial charge in [-0.15, -0.1) is 0 Å². The van der Waals surface area contributed by atoms with Crippen LogP contribution in [-0.2, 0) is 10.2 Å². The molecule has 6 nitrogen and oxygen atoms in total. The van der Waals surface area contributed by atoms with E-state index in [2.05, 4.69) is 20.7 Å². The van der Waals surface area contributed by atoms with Crippen LogP contribution in [0.15, 0.2) is 22.7 Å². The molecule has 1 saturated heterocycles. The number of nitrogens with one attached hydrogen (secondary N) is 1. The van der Waals surface area contributed by atoms with E-state index in [-0.39, 0.29) is 5.92 Å². The number of nitrogens with zero attached hydrogens (tertiary/aromatic N) is 1. The van der Waals surface area contributed by atoms with Crippen LogP contribution in [0.5, 0.6) is 5.75 Å². The summed E-state index contributed by atoms with van der Waals surface area (Å²) >= 11 is 3.34. The molecular weight excluding hydrogens is 358 g/mol. The maximum absolute atomic E-state index is 12.4. The number of halogens is 1. The van der Waals surface area contributed by atoms with Gasteiger partial charge in [0.1, 0.15) is 5.75 Å². The van der Waals surface area contributed by atoms with Gasteiger partial charge in [-0.3, -0.25) is 4.72 Å². The Morgan fingerprint density at radius 2 is 2.29 bits per heavy atom. The van der Waals surface area contributed by atoms with Crippen LogP contribution in [0.4, 0.5) is 5.69 Å². The minimum absolute atomic E-state index is 0.231. The first-order valence-corrected chi connectivity index (χ1v) is 9.01. The molecule has 1 atom stereocenters. The monoisotopic (exact) mass is 377 g/mol. The zero-order valence-corrected chi connectivity index (χ0v) is 14.3. The number of nitrogens with two attached hydrogens (primary N) is 1. The van der Waals surface area contributed by atoms with E-state index < -0.39 is 10.2 Å². The van der Waals surface area contributed by atoms with Gasteiger partial charge in [0.2, 0.25) is 0 Å². The van der Waals surface area contributed by atoms with Crippen molar-refractivity contribution >= 4 is 31.8 Å². The summed E-state index contributed by atoms with van der Waals surface area (Å²) in [5.41, 5.74) is 6.13. The standard InChI is InChI=1S/C13H20BrN3O3S/c1-20-13-7-11(4-5-12(13)14)16-21(18,19)17-6-2-3-10(8-15)9-17/h4-5,7,10,16H,2-3,6,8-9,15H2,1H3. The fourth-order valence-corrected chi connectivity index (χ4v) is 4.11. The molecule has 0 spiro atoms. The molecule has 21 heavy (non-hydrogen) atoms. The third-order valence-corrected chi connectivity index (χ3v) is 5.71. The maximum Gasteiger partial charge on any atom is 0.301 e. The van der Waals surface area contributed by atoms with Crippen LogP contribution in [0, 0.1) is 5.92 Å². The van der Waals surface area contributed by atoms with Crippen molar-refractivity contribution in [2.45, 2.75) is 12.8 Å². The van der Waals surface area contributed by atoms with E-state index >= 15 is 0 Å². The van der Waals surface area contributed by atoms with Gasteiger partial charge in [0.05, 0.1) is 17.3 Å². The molecule has 3 N–H and O–H groups in total. The van der Waals surface area contributed by atoms with E-state index in [1.807, 2.05) is 0 Å². The molecule has 2 rings (SSSR count). The molecule has 1 heterocycles. The van der Waals surface area contributed by atoms with Gasteiger partial charge in [0.25, 0.3) is 0 Å². The van der Waals surface area contributed by atoms with E-state index in [1.165, 1.54) is 11.4 Å². The number of rotatable bonds is 5. The van der Waals surface area contributed by atoms with Crippen molar-refractivity contribution in [2.75, 3.05) is 31.5 Å². The van der Waals surface area contributed by atoms with Crippen molar-refractivity contribution in [2.24, 2.45) is 11.7 Å². The second kappa shape index (κ2) is 6.95. The number of methoxy groups -OCH3 is 1. The minimum atomic E-state index is -3.56. The van der Waals surface area contributed by atoms with Gasteiger partial charge >= 0.3 is 10.2 Å². The molecule has 1 aromatic carbocycles. The molecule has 0 aromatic heterocycles. The smallest absolute Gasteiger partial charge is 0.301 e. The minimum Gasteiger partial charge on any atom is -0.495 e. The molecule has 1 aliphatic heterocycles. The van der Waals surface area contributed by atoms with Crippen LogP contribution in [-0.4, -0.2) is 39.5 Å². The lowest BCUT2D eigenvalue weighted by molar-refractivity contribution is 0.273. The highest BCUT2D eigenvalue weighted by Gasteiger charge is 2.28. The number of hydrogen-bond acceptors (Lipinski definition) is 4. The molecule has 0 radical (unpaired) electrons. The Morgan fingerprint density at radius 1 is 1.52 bits per heavy atom. The molecule has 1 fully saturated rings. The summed E-state index contributed by atoms with van der Waals surface area (Å²) in [5, 5.41) is 0. The van der Waals surface area contributed by atoms with E-state index in [0.717, 1.165) is 17.3 Å². The zero-order chi connectivity index (χ0) is 15.5. The highest BCUT2D eigenvalue weighted by atomic mass is 79.9. The molecule has 0 bridgehead atoms. The van der Waals surface area contributed by atoms with Gasteiger partial charge in [0.15, 0.2) is 0 Å². The fraction of sp³-hybridized carbons (Fsp3) is 0.538. The fourth-order valence-electron chi connectivity index (χ4n) is 2.37. The van der Waals surface area contributed by atoms with Crippen LogP contribution in [0.25, 0.3) is 0 Å². The summed E-state index contributed by atoms with van der Waals surface area (Å²) in [6.45, 7) is 1.51. The van der Waals surface area contributed by atoms with Crippen molar-refractivity contribution in [1.29, 1.82) is 0 Å². The van der Waals surface area contributed by atoms with Crippen LogP contribution in [0.3, 0.4) is 0 Å². The Labute approximate surface area is 134 Å². The van der Waals surface area contributed by atoms with Crippen LogP contribution in [0.1, 0.15) is 12.8 Å². The van der Waals surface area contributed by atoms with Crippen molar-refractivity contribution in [1.82, 2.24) is 4.31 Å². The molecule has 1 unspecified atom stereocenters. The molecule has 118 valence electrons. The third kappa shape index (κ3) is 4.09. The Hall–Kier alpha value is -0.830. The molecule has 0 amide bonds. The first-order chi connectivity index (χ1) is 9.96. The lowest BCUT2D eigenvalue weighted by Gasteiger charge is -2.31. The van der Waals surface area contributed by atoms with Gasteiger partial charge in [0, 0.05) is 19.2 Å². The Balaban J connectivity index is 2.13. The van der Waals surface area contributed by atoms with Gasteiger partial charge in [-0.1, -0.05) is 0 Å². The third-order valence-electron chi connectivity index (χ3n) is 3.55. The Kier molecular flexibility index (Phi) is 5.48.